The molecule has 0 N–H and O–H groups in total. The molecule has 3 heterocycles. The molecule has 2 aromatic heterocycles. The number of aromatic nitrogens is 3. The van der Waals surface area contributed by atoms with Gasteiger partial charge in [-0.25, -0.2) is 4.79 Å². The van der Waals surface area contributed by atoms with Crippen LogP contribution in [0, 0.1) is 12.8 Å². The predicted molar refractivity (Wildman–Crippen MR) is 117 cm³/mol. The third kappa shape index (κ3) is 5.84. The standard InChI is InChI=1S/C24H28N4O3/c1-19-4-2-13-25-23(19)10-7-20-5-8-22(9-6-20)31-24(29)27-16-11-21(12-17-27)18-30-28-15-3-14-26-28/h2-6,8-9,13-15,21H,7,10-12,16-18H2,1H3. The van der Waals surface area contributed by atoms with Gasteiger partial charge in [-0.15, -0.1) is 9.94 Å². The number of pyridine rings is 1. The fourth-order valence-corrected chi connectivity index (χ4v) is 3.73. The van der Waals surface area contributed by atoms with Crippen molar-refractivity contribution in [1.82, 2.24) is 19.8 Å². The van der Waals surface area contributed by atoms with E-state index in [0.29, 0.717) is 31.4 Å². The van der Waals surface area contributed by atoms with Crippen molar-refractivity contribution in [2.75, 3.05) is 19.7 Å². The monoisotopic (exact) mass is 420 g/mol. The maximum atomic E-state index is 12.5. The Kier molecular flexibility index (Phi) is 6.82. The molecule has 162 valence electrons. The molecule has 1 aliphatic rings. The van der Waals surface area contributed by atoms with Crippen LogP contribution in [0.2, 0.25) is 0 Å². The molecule has 7 heteroatoms. The lowest BCUT2D eigenvalue weighted by atomic mass is 9.98. The molecule has 1 aromatic carbocycles. The molecule has 0 saturated carbocycles. The molecule has 0 atom stereocenters. The minimum atomic E-state index is -0.289. The lowest BCUT2D eigenvalue weighted by Crippen LogP contribution is -2.41. The van der Waals surface area contributed by atoms with Crippen LogP contribution in [0.1, 0.15) is 29.7 Å². The van der Waals surface area contributed by atoms with Crippen LogP contribution >= 0.6 is 0 Å². The van der Waals surface area contributed by atoms with Crippen molar-refractivity contribution in [2.45, 2.75) is 32.6 Å². The maximum Gasteiger partial charge on any atom is 0.415 e. The maximum absolute atomic E-state index is 12.5. The number of carbonyl (C=O) groups is 1. The minimum absolute atomic E-state index is 0.289. The van der Waals surface area contributed by atoms with Gasteiger partial charge in [0.2, 0.25) is 0 Å². The second kappa shape index (κ2) is 10.1. The molecule has 0 aliphatic carbocycles. The summed E-state index contributed by atoms with van der Waals surface area (Å²) in [6.45, 7) is 4.03. The van der Waals surface area contributed by atoms with Crippen molar-refractivity contribution in [3.8, 4) is 5.75 Å². The van der Waals surface area contributed by atoms with E-state index >= 15 is 0 Å². The second-order valence-corrected chi connectivity index (χ2v) is 7.91. The third-order valence-electron chi connectivity index (χ3n) is 5.69. The highest BCUT2D eigenvalue weighted by molar-refractivity contribution is 5.70. The molecule has 1 fully saturated rings. The van der Waals surface area contributed by atoms with Crippen LogP contribution in [0.15, 0.2) is 61.1 Å². The van der Waals surface area contributed by atoms with Gasteiger partial charge in [-0.05, 0) is 73.9 Å². The second-order valence-electron chi connectivity index (χ2n) is 7.91. The largest absolute Gasteiger partial charge is 0.415 e. The highest BCUT2D eigenvalue weighted by Crippen LogP contribution is 2.20. The van der Waals surface area contributed by atoms with Crippen molar-refractivity contribution in [1.29, 1.82) is 0 Å². The van der Waals surface area contributed by atoms with Gasteiger partial charge in [0.25, 0.3) is 0 Å². The van der Waals surface area contributed by atoms with Gasteiger partial charge >= 0.3 is 6.09 Å². The van der Waals surface area contributed by atoms with Crippen LogP contribution < -0.4 is 9.57 Å². The Hall–Kier alpha value is -3.35. The Labute approximate surface area is 182 Å². The average Bonchev–Trinajstić information content (AvgIpc) is 3.32. The van der Waals surface area contributed by atoms with Gasteiger partial charge in [0.15, 0.2) is 0 Å². The summed E-state index contributed by atoms with van der Waals surface area (Å²) >= 11 is 0. The number of nitrogens with zero attached hydrogens (tertiary/aromatic N) is 4. The Morgan fingerprint density at radius 2 is 1.87 bits per heavy atom. The van der Waals surface area contributed by atoms with Gasteiger partial charge < -0.3 is 14.5 Å². The van der Waals surface area contributed by atoms with Gasteiger partial charge in [-0.3, -0.25) is 4.98 Å². The van der Waals surface area contributed by atoms with Gasteiger partial charge in [0.05, 0.1) is 12.4 Å². The summed E-state index contributed by atoms with van der Waals surface area (Å²) in [6.07, 6.45) is 8.59. The first-order valence-electron chi connectivity index (χ1n) is 10.8. The number of aryl methyl sites for hydroxylation is 3. The zero-order valence-electron chi connectivity index (χ0n) is 17.8. The van der Waals surface area contributed by atoms with E-state index in [1.165, 1.54) is 16.0 Å². The number of hydrogen-bond acceptors (Lipinski definition) is 5. The van der Waals surface area contributed by atoms with E-state index in [9.17, 15) is 4.79 Å². The summed E-state index contributed by atoms with van der Waals surface area (Å²) in [4.78, 5) is 25.8. The number of amides is 1. The van der Waals surface area contributed by atoms with Crippen LogP contribution in [-0.2, 0) is 12.8 Å². The zero-order chi connectivity index (χ0) is 21.5. The molecule has 7 nitrogen and oxygen atoms in total. The molecule has 1 amide bonds. The van der Waals surface area contributed by atoms with Gasteiger partial charge in [0, 0.05) is 25.0 Å². The SMILES string of the molecule is Cc1cccnc1CCc1ccc(OC(=O)N2CCC(COn3cccn3)CC2)cc1. The van der Waals surface area contributed by atoms with E-state index in [2.05, 4.69) is 23.1 Å². The third-order valence-corrected chi connectivity index (χ3v) is 5.69. The van der Waals surface area contributed by atoms with E-state index in [-0.39, 0.29) is 6.09 Å². The lowest BCUT2D eigenvalue weighted by Gasteiger charge is -2.30. The first-order chi connectivity index (χ1) is 15.2. The van der Waals surface area contributed by atoms with E-state index in [4.69, 9.17) is 9.57 Å². The minimum Gasteiger partial charge on any atom is -0.410 e. The predicted octanol–water partition coefficient (Wildman–Crippen LogP) is 3.71. The van der Waals surface area contributed by atoms with Crippen molar-refractivity contribution >= 4 is 6.09 Å². The quantitative estimate of drug-likeness (QED) is 0.583. The van der Waals surface area contributed by atoms with Crippen LogP contribution in [0.25, 0.3) is 0 Å². The smallest absolute Gasteiger partial charge is 0.410 e. The number of piperidine rings is 1. The highest BCUT2D eigenvalue weighted by atomic mass is 16.7. The van der Waals surface area contributed by atoms with Gasteiger partial charge in [-0.2, -0.15) is 0 Å². The molecule has 0 radical (unpaired) electrons. The van der Waals surface area contributed by atoms with Crippen molar-refractivity contribution in [3.05, 3.63) is 77.9 Å². The summed E-state index contributed by atoms with van der Waals surface area (Å²) in [5.41, 5.74) is 3.53. The first-order valence-corrected chi connectivity index (χ1v) is 10.8. The summed E-state index contributed by atoms with van der Waals surface area (Å²) in [7, 11) is 0. The number of hydrogen-bond donors (Lipinski definition) is 0. The van der Waals surface area contributed by atoms with Crippen LogP contribution in [0.5, 0.6) is 5.75 Å². The number of likely N-dealkylation sites (tertiary alicyclic amines) is 1. The molecule has 4 rings (SSSR count). The van der Waals surface area contributed by atoms with Crippen molar-refractivity contribution in [2.24, 2.45) is 5.92 Å². The number of carbonyl (C=O) groups excluding carboxylic acids is 1. The van der Waals surface area contributed by atoms with Gasteiger partial charge in [0.1, 0.15) is 12.4 Å². The zero-order valence-corrected chi connectivity index (χ0v) is 17.8. The van der Waals surface area contributed by atoms with Crippen LogP contribution in [0.4, 0.5) is 4.79 Å². The Morgan fingerprint density at radius 3 is 2.58 bits per heavy atom. The Balaban J connectivity index is 1.20. The van der Waals surface area contributed by atoms with E-state index in [1.807, 2.05) is 42.6 Å². The van der Waals surface area contributed by atoms with Crippen LogP contribution in [0.3, 0.4) is 0 Å². The molecule has 3 aromatic rings. The molecule has 0 spiro atoms. The molecule has 1 saturated heterocycles. The first kappa shape index (κ1) is 20.9. The Morgan fingerprint density at radius 1 is 1.06 bits per heavy atom. The fraction of sp³-hybridized carbons (Fsp3) is 0.375. The lowest BCUT2D eigenvalue weighted by molar-refractivity contribution is 0.0366. The van der Waals surface area contributed by atoms with E-state index in [0.717, 1.165) is 31.4 Å². The summed E-state index contributed by atoms with van der Waals surface area (Å²) < 4.78 is 5.57. The average molecular weight is 421 g/mol. The molecule has 0 bridgehead atoms. The molecule has 0 unspecified atom stereocenters. The number of benzene rings is 1. The topological polar surface area (TPSA) is 69.5 Å². The van der Waals surface area contributed by atoms with E-state index < -0.39 is 0 Å². The molecular weight excluding hydrogens is 392 g/mol. The van der Waals surface area contributed by atoms with Gasteiger partial charge in [-0.1, -0.05) is 18.2 Å². The summed E-state index contributed by atoms with van der Waals surface area (Å²) in [5, 5.41) is 4.03. The van der Waals surface area contributed by atoms with Crippen LogP contribution in [-0.4, -0.2) is 45.6 Å². The van der Waals surface area contributed by atoms with E-state index in [1.54, 1.807) is 17.3 Å². The summed E-state index contributed by atoms with van der Waals surface area (Å²) in [5.74, 6) is 0.988. The van der Waals surface area contributed by atoms with Crippen molar-refractivity contribution < 1.29 is 14.4 Å². The Bertz CT molecular complexity index is 965. The molecule has 31 heavy (non-hydrogen) atoms. The molecular formula is C24H28N4O3. The highest BCUT2D eigenvalue weighted by Gasteiger charge is 2.24. The van der Waals surface area contributed by atoms with Crippen molar-refractivity contribution in [3.63, 3.8) is 0 Å². The normalized spacial score (nSPS) is 14.4. The number of rotatable bonds is 7. The number of ether oxygens (including phenoxy) is 1. The summed E-state index contributed by atoms with van der Waals surface area (Å²) in [6, 6.07) is 13.6. The molecule has 1 aliphatic heterocycles. The fourth-order valence-electron chi connectivity index (χ4n) is 3.73.